The fourth-order valence-corrected chi connectivity index (χ4v) is 1.74. The summed E-state index contributed by atoms with van der Waals surface area (Å²) < 4.78 is 13.3. The highest BCUT2D eigenvalue weighted by Crippen LogP contribution is 2.13. The third-order valence-electron chi connectivity index (χ3n) is 1.83. The minimum Gasteiger partial charge on any atom is -0.394 e. The van der Waals surface area contributed by atoms with E-state index in [1.54, 1.807) is 6.92 Å². The summed E-state index contributed by atoms with van der Waals surface area (Å²) in [7, 11) is 0. The molecule has 1 aromatic carbocycles. The van der Waals surface area contributed by atoms with Gasteiger partial charge in [0.25, 0.3) is 5.91 Å². The summed E-state index contributed by atoms with van der Waals surface area (Å²) in [6, 6.07) is 3.65. The number of carbonyl (C=O) groups excluding carboxylic acids is 1. The molecule has 0 radical (unpaired) electrons. The molecule has 1 amide bonds. The molecule has 2 N–H and O–H groups in total. The van der Waals surface area contributed by atoms with E-state index in [-0.39, 0.29) is 24.4 Å². The van der Waals surface area contributed by atoms with Crippen molar-refractivity contribution >= 4 is 28.5 Å². The third kappa shape index (κ3) is 3.42. The quantitative estimate of drug-likeness (QED) is 0.829. The lowest BCUT2D eigenvalue weighted by Crippen LogP contribution is -2.35. The van der Waals surface area contributed by atoms with Crippen molar-refractivity contribution in [3.63, 3.8) is 0 Å². The van der Waals surface area contributed by atoms with E-state index in [4.69, 9.17) is 5.11 Å². The molecule has 1 aromatic rings. The SMILES string of the molecule is CC(CO)NC(=O)c1ccc(F)cc1I. The Morgan fingerprint density at radius 3 is 2.87 bits per heavy atom. The second-order valence-corrected chi connectivity index (χ2v) is 4.34. The first-order chi connectivity index (χ1) is 7.04. The van der Waals surface area contributed by atoms with E-state index in [0.29, 0.717) is 9.13 Å². The molecule has 0 heterocycles. The summed E-state index contributed by atoms with van der Waals surface area (Å²) >= 11 is 1.90. The predicted octanol–water partition coefficient (Wildman–Crippen LogP) is 1.54. The maximum atomic E-state index is 12.8. The molecule has 3 nitrogen and oxygen atoms in total. The Balaban J connectivity index is 2.82. The van der Waals surface area contributed by atoms with Crippen molar-refractivity contribution in [2.24, 2.45) is 0 Å². The molecule has 0 aromatic heterocycles. The van der Waals surface area contributed by atoms with Gasteiger partial charge in [-0.3, -0.25) is 4.79 Å². The molecule has 0 fully saturated rings. The smallest absolute Gasteiger partial charge is 0.252 e. The van der Waals surface area contributed by atoms with Crippen LogP contribution in [0.25, 0.3) is 0 Å². The number of nitrogens with one attached hydrogen (secondary N) is 1. The Kier molecular flexibility index (Phi) is 4.46. The largest absolute Gasteiger partial charge is 0.394 e. The molecule has 0 bridgehead atoms. The van der Waals surface area contributed by atoms with Gasteiger partial charge in [-0.2, -0.15) is 0 Å². The van der Waals surface area contributed by atoms with E-state index in [0.717, 1.165) is 0 Å². The van der Waals surface area contributed by atoms with Crippen molar-refractivity contribution in [3.8, 4) is 0 Å². The van der Waals surface area contributed by atoms with Crippen LogP contribution >= 0.6 is 22.6 Å². The first-order valence-electron chi connectivity index (χ1n) is 4.41. The highest BCUT2D eigenvalue weighted by atomic mass is 127. The molecule has 82 valence electrons. The molecule has 5 heteroatoms. The fraction of sp³-hybridized carbons (Fsp3) is 0.300. The lowest BCUT2D eigenvalue weighted by atomic mass is 10.2. The number of benzene rings is 1. The van der Waals surface area contributed by atoms with Gasteiger partial charge in [0.05, 0.1) is 12.2 Å². The zero-order chi connectivity index (χ0) is 11.4. The summed E-state index contributed by atoms with van der Waals surface area (Å²) in [5.41, 5.74) is 0.414. The first-order valence-corrected chi connectivity index (χ1v) is 5.49. The molecule has 0 saturated heterocycles. The number of rotatable bonds is 3. The minimum atomic E-state index is -0.369. The third-order valence-corrected chi connectivity index (χ3v) is 2.72. The van der Waals surface area contributed by atoms with Gasteiger partial charge in [-0.05, 0) is 47.7 Å². The van der Waals surface area contributed by atoms with Gasteiger partial charge < -0.3 is 10.4 Å². The number of hydrogen-bond donors (Lipinski definition) is 2. The van der Waals surface area contributed by atoms with E-state index < -0.39 is 0 Å². The van der Waals surface area contributed by atoms with Crippen LogP contribution < -0.4 is 5.32 Å². The first kappa shape index (κ1) is 12.4. The summed E-state index contributed by atoms with van der Waals surface area (Å²) in [5, 5.41) is 11.4. The van der Waals surface area contributed by atoms with Gasteiger partial charge in [0.15, 0.2) is 0 Å². The predicted molar refractivity (Wildman–Crippen MR) is 63.1 cm³/mol. The Hall–Kier alpha value is -0.690. The van der Waals surface area contributed by atoms with Crippen LogP contribution in [0.5, 0.6) is 0 Å². The van der Waals surface area contributed by atoms with Crippen LogP contribution in [0.15, 0.2) is 18.2 Å². The van der Waals surface area contributed by atoms with Gasteiger partial charge in [0.2, 0.25) is 0 Å². The zero-order valence-corrected chi connectivity index (χ0v) is 10.3. The molecular weight excluding hydrogens is 312 g/mol. The number of halogens is 2. The molecule has 0 aliphatic heterocycles. The number of aliphatic hydroxyl groups is 1. The lowest BCUT2D eigenvalue weighted by Gasteiger charge is -2.11. The van der Waals surface area contributed by atoms with Crippen molar-refractivity contribution in [1.29, 1.82) is 0 Å². The van der Waals surface area contributed by atoms with E-state index in [2.05, 4.69) is 5.32 Å². The second kappa shape index (κ2) is 5.41. The highest BCUT2D eigenvalue weighted by molar-refractivity contribution is 14.1. The van der Waals surface area contributed by atoms with Gasteiger partial charge in [0, 0.05) is 9.61 Å². The van der Waals surface area contributed by atoms with Crippen LogP contribution in [0.2, 0.25) is 0 Å². The number of aliphatic hydroxyl groups excluding tert-OH is 1. The van der Waals surface area contributed by atoms with E-state index in [1.165, 1.54) is 18.2 Å². The zero-order valence-electron chi connectivity index (χ0n) is 8.13. The average Bonchev–Trinajstić information content (AvgIpc) is 2.17. The van der Waals surface area contributed by atoms with Crippen LogP contribution in [0.3, 0.4) is 0 Å². The molecule has 0 aliphatic carbocycles. The lowest BCUT2D eigenvalue weighted by molar-refractivity contribution is 0.0921. The van der Waals surface area contributed by atoms with Crippen molar-refractivity contribution in [1.82, 2.24) is 5.32 Å². The highest BCUT2D eigenvalue weighted by Gasteiger charge is 2.12. The molecule has 0 aliphatic rings. The summed E-state index contributed by atoms with van der Waals surface area (Å²) in [6.45, 7) is 1.57. The Labute approximate surface area is 101 Å². The molecule has 0 spiro atoms. The maximum absolute atomic E-state index is 12.8. The molecule has 15 heavy (non-hydrogen) atoms. The molecule has 0 saturated carbocycles. The molecule has 1 atom stereocenters. The number of hydrogen-bond acceptors (Lipinski definition) is 2. The van der Waals surface area contributed by atoms with Crippen molar-refractivity contribution in [2.45, 2.75) is 13.0 Å². The van der Waals surface area contributed by atoms with Gasteiger partial charge in [-0.15, -0.1) is 0 Å². The van der Waals surface area contributed by atoms with Gasteiger partial charge in [-0.25, -0.2) is 4.39 Å². The van der Waals surface area contributed by atoms with E-state index in [9.17, 15) is 9.18 Å². The second-order valence-electron chi connectivity index (χ2n) is 3.18. The Morgan fingerprint density at radius 2 is 2.33 bits per heavy atom. The summed E-state index contributed by atoms with van der Waals surface area (Å²) in [6.07, 6.45) is 0. The van der Waals surface area contributed by atoms with Crippen molar-refractivity contribution < 1.29 is 14.3 Å². The van der Waals surface area contributed by atoms with Crippen molar-refractivity contribution in [2.75, 3.05) is 6.61 Å². The van der Waals surface area contributed by atoms with Gasteiger partial charge in [-0.1, -0.05) is 0 Å². The number of amides is 1. The summed E-state index contributed by atoms with van der Waals surface area (Å²) in [5.74, 6) is -0.674. The van der Waals surface area contributed by atoms with E-state index in [1.807, 2.05) is 22.6 Å². The van der Waals surface area contributed by atoms with Crippen LogP contribution in [0.4, 0.5) is 4.39 Å². The van der Waals surface area contributed by atoms with Crippen LogP contribution in [-0.4, -0.2) is 23.7 Å². The van der Waals surface area contributed by atoms with E-state index >= 15 is 0 Å². The molecule has 1 rings (SSSR count). The van der Waals surface area contributed by atoms with Crippen LogP contribution in [0.1, 0.15) is 17.3 Å². The standard InChI is InChI=1S/C10H11FINO2/c1-6(5-14)13-10(15)8-3-2-7(11)4-9(8)12/h2-4,6,14H,5H2,1H3,(H,13,15). The van der Waals surface area contributed by atoms with Crippen LogP contribution in [0, 0.1) is 9.39 Å². The fourth-order valence-electron chi connectivity index (χ4n) is 1.02. The Morgan fingerprint density at radius 1 is 1.67 bits per heavy atom. The summed E-state index contributed by atoms with van der Waals surface area (Å²) in [4.78, 5) is 11.6. The monoisotopic (exact) mass is 323 g/mol. The Bertz CT molecular complexity index is 370. The molecular formula is C10H11FINO2. The normalized spacial score (nSPS) is 12.3. The minimum absolute atomic E-state index is 0.122. The van der Waals surface area contributed by atoms with Crippen molar-refractivity contribution in [3.05, 3.63) is 33.1 Å². The number of carbonyl (C=O) groups is 1. The van der Waals surface area contributed by atoms with Gasteiger partial charge >= 0.3 is 0 Å². The van der Waals surface area contributed by atoms with Gasteiger partial charge in [0.1, 0.15) is 5.82 Å². The average molecular weight is 323 g/mol. The topological polar surface area (TPSA) is 49.3 Å². The van der Waals surface area contributed by atoms with Crippen LogP contribution in [-0.2, 0) is 0 Å². The molecule has 1 unspecified atom stereocenters. The maximum Gasteiger partial charge on any atom is 0.252 e.